The molecule has 3 N–H and O–H groups in total. The van der Waals surface area contributed by atoms with E-state index in [9.17, 15) is 4.79 Å². The number of rotatable bonds is 4. The average molecular weight is 253 g/mol. The molecule has 0 aromatic carbocycles. The molecule has 1 aliphatic rings. The van der Waals surface area contributed by atoms with Gasteiger partial charge in [-0.15, -0.1) is 11.3 Å². The molecule has 1 saturated carbocycles. The minimum atomic E-state index is -0.327. The Hall–Kier alpha value is -0.940. The summed E-state index contributed by atoms with van der Waals surface area (Å²) in [5, 5.41) is 3.63. The second kappa shape index (κ2) is 4.74. The summed E-state index contributed by atoms with van der Waals surface area (Å²) < 4.78 is 0. The first-order valence-corrected chi connectivity index (χ1v) is 6.91. The maximum absolute atomic E-state index is 12.1. The van der Waals surface area contributed by atoms with Gasteiger partial charge in [-0.25, -0.2) is 4.98 Å². The fourth-order valence-corrected chi connectivity index (χ4v) is 3.06. The fourth-order valence-electron chi connectivity index (χ4n) is 2.17. The predicted molar refractivity (Wildman–Crippen MR) is 70.2 cm³/mol. The third-order valence-electron chi connectivity index (χ3n) is 3.63. The number of anilines is 1. The first kappa shape index (κ1) is 12.5. The normalized spacial score (nSPS) is 17.6. The molecule has 0 saturated heterocycles. The van der Waals surface area contributed by atoms with Crippen LogP contribution < -0.4 is 11.1 Å². The Kier molecular flexibility index (Phi) is 3.49. The second-order valence-electron chi connectivity index (χ2n) is 4.67. The zero-order valence-corrected chi connectivity index (χ0v) is 11.2. The van der Waals surface area contributed by atoms with Crippen molar-refractivity contribution in [3.8, 4) is 0 Å². The summed E-state index contributed by atoms with van der Waals surface area (Å²) in [6.07, 6.45) is 3.81. The molecule has 0 radical (unpaired) electrons. The standard InChI is InChI=1S/C12H19N3OS/c1-3-9-8(2)17-11(14-9)15-10(16)12(7-13)5-4-6-12/h3-7,13H2,1-2H3,(H,14,15,16). The number of hydrogen-bond acceptors (Lipinski definition) is 4. The molecule has 0 unspecified atom stereocenters. The van der Waals surface area contributed by atoms with Gasteiger partial charge in [0.15, 0.2) is 5.13 Å². The summed E-state index contributed by atoms with van der Waals surface area (Å²) in [7, 11) is 0. The molecule has 1 fully saturated rings. The van der Waals surface area contributed by atoms with E-state index >= 15 is 0 Å². The topological polar surface area (TPSA) is 68.0 Å². The number of hydrogen-bond donors (Lipinski definition) is 2. The minimum absolute atomic E-state index is 0.0441. The van der Waals surface area contributed by atoms with E-state index in [1.165, 1.54) is 4.88 Å². The number of aryl methyl sites for hydroxylation is 2. The monoisotopic (exact) mass is 253 g/mol. The largest absolute Gasteiger partial charge is 0.329 e. The van der Waals surface area contributed by atoms with Gasteiger partial charge in [0, 0.05) is 11.4 Å². The summed E-state index contributed by atoms with van der Waals surface area (Å²) in [6, 6.07) is 0. The number of carbonyl (C=O) groups excluding carboxylic acids is 1. The van der Waals surface area contributed by atoms with E-state index in [1.54, 1.807) is 11.3 Å². The van der Waals surface area contributed by atoms with E-state index in [0.29, 0.717) is 11.7 Å². The van der Waals surface area contributed by atoms with Gasteiger partial charge in [0.2, 0.25) is 5.91 Å². The third-order valence-corrected chi connectivity index (χ3v) is 4.56. The maximum atomic E-state index is 12.1. The van der Waals surface area contributed by atoms with Crippen LogP contribution in [0.25, 0.3) is 0 Å². The predicted octanol–water partition coefficient (Wildman–Crippen LogP) is 2.08. The Bertz CT molecular complexity index is 418. The van der Waals surface area contributed by atoms with E-state index in [4.69, 9.17) is 5.73 Å². The lowest BCUT2D eigenvalue weighted by Gasteiger charge is -2.38. The van der Waals surface area contributed by atoms with Crippen LogP contribution in [-0.4, -0.2) is 17.4 Å². The van der Waals surface area contributed by atoms with Crippen LogP contribution in [-0.2, 0) is 11.2 Å². The molecule has 5 heteroatoms. The highest BCUT2D eigenvalue weighted by atomic mass is 32.1. The summed E-state index contributed by atoms with van der Waals surface area (Å²) in [4.78, 5) is 17.7. The molecule has 17 heavy (non-hydrogen) atoms. The number of thiazole rings is 1. The first-order chi connectivity index (χ1) is 8.11. The van der Waals surface area contributed by atoms with Crippen molar-refractivity contribution in [3.63, 3.8) is 0 Å². The van der Waals surface area contributed by atoms with Crippen molar-refractivity contribution < 1.29 is 4.79 Å². The van der Waals surface area contributed by atoms with Crippen LogP contribution in [0, 0.1) is 12.3 Å². The van der Waals surface area contributed by atoms with Gasteiger partial charge in [0.05, 0.1) is 11.1 Å². The number of nitrogens with one attached hydrogen (secondary N) is 1. The van der Waals surface area contributed by atoms with Gasteiger partial charge in [-0.1, -0.05) is 13.3 Å². The van der Waals surface area contributed by atoms with Gasteiger partial charge in [0.25, 0.3) is 0 Å². The molecule has 1 amide bonds. The lowest BCUT2D eigenvalue weighted by molar-refractivity contribution is -0.129. The molecule has 0 atom stereocenters. The summed E-state index contributed by atoms with van der Waals surface area (Å²) in [6.45, 7) is 4.54. The molecular formula is C12H19N3OS. The van der Waals surface area contributed by atoms with Gasteiger partial charge in [-0.3, -0.25) is 4.79 Å². The smallest absolute Gasteiger partial charge is 0.233 e. The molecule has 0 spiro atoms. The molecule has 1 aromatic rings. The molecular weight excluding hydrogens is 234 g/mol. The highest BCUT2D eigenvalue weighted by molar-refractivity contribution is 7.15. The molecule has 0 bridgehead atoms. The van der Waals surface area contributed by atoms with Crippen LogP contribution in [0.4, 0.5) is 5.13 Å². The Morgan fingerprint density at radius 2 is 2.29 bits per heavy atom. The van der Waals surface area contributed by atoms with Crippen LogP contribution in [0.1, 0.15) is 36.8 Å². The SMILES string of the molecule is CCc1nc(NC(=O)C2(CN)CCC2)sc1C. The fraction of sp³-hybridized carbons (Fsp3) is 0.667. The lowest BCUT2D eigenvalue weighted by Crippen LogP contribution is -2.47. The second-order valence-corrected chi connectivity index (χ2v) is 5.87. The van der Waals surface area contributed by atoms with E-state index in [2.05, 4.69) is 17.2 Å². The molecule has 1 aliphatic carbocycles. The number of carbonyl (C=O) groups is 1. The van der Waals surface area contributed by atoms with Crippen LogP contribution in [0.2, 0.25) is 0 Å². The Balaban J connectivity index is 2.07. The Morgan fingerprint density at radius 3 is 2.71 bits per heavy atom. The van der Waals surface area contributed by atoms with Crippen molar-refractivity contribution in [1.29, 1.82) is 0 Å². The summed E-state index contributed by atoms with van der Waals surface area (Å²) in [5.74, 6) is 0.0441. The van der Waals surface area contributed by atoms with E-state index in [1.807, 2.05) is 6.92 Å². The van der Waals surface area contributed by atoms with Gasteiger partial charge in [-0.05, 0) is 26.2 Å². The zero-order valence-electron chi connectivity index (χ0n) is 10.4. The molecule has 0 aliphatic heterocycles. The van der Waals surface area contributed by atoms with E-state index in [0.717, 1.165) is 31.4 Å². The van der Waals surface area contributed by atoms with Crippen LogP contribution >= 0.6 is 11.3 Å². The van der Waals surface area contributed by atoms with Crippen molar-refractivity contribution in [3.05, 3.63) is 10.6 Å². The number of nitrogens with two attached hydrogens (primary N) is 1. The highest BCUT2D eigenvalue weighted by Gasteiger charge is 2.43. The molecule has 1 aromatic heterocycles. The van der Waals surface area contributed by atoms with Crippen LogP contribution in [0.5, 0.6) is 0 Å². The summed E-state index contributed by atoms with van der Waals surface area (Å²) >= 11 is 1.54. The van der Waals surface area contributed by atoms with Crippen LogP contribution in [0.15, 0.2) is 0 Å². The van der Waals surface area contributed by atoms with Gasteiger partial charge < -0.3 is 11.1 Å². The number of nitrogens with zero attached hydrogens (tertiary/aromatic N) is 1. The summed E-state index contributed by atoms with van der Waals surface area (Å²) in [5.41, 5.74) is 6.45. The van der Waals surface area contributed by atoms with Crippen molar-refractivity contribution in [2.24, 2.45) is 11.1 Å². The molecule has 4 nitrogen and oxygen atoms in total. The van der Waals surface area contributed by atoms with Crippen molar-refractivity contribution in [2.45, 2.75) is 39.5 Å². The van der Waals surface area contributed by atoms with Crippen molar-refractivity contribution in [2.75, 3.05) is 11.9 Å². The minimum Gasteiger partial charge on any atom is -0.329 e. The lowest BCUT2D eigenvalue weighted by atomic mass is 9.68. The quantitative estimate of drug-likeness (QED) is 0.863. The molecule has 2 rings (SSSR count). The number of amides is 1. The maximum Gasteiger partial charge on any atom is 0.233 e. The van der Waals surface area contributed by atoms with E-state index < -0.39 is 0 Å². The Morgan fingerprint density at radius 1 is 1.59 bits per heavy atom. The van der Waals surface area contributed by atoms with Gasteiger partial charge >= 0.3 is 0 Å². The zero-order chi connectivity index (χ0) is 12.5. The van der Waals surface area contributed by atoms with E-state index in [-0.39, 0.29) is 11.3 Å². The molecule has 1 heterocycles. The average Bonchev–Trinajstić information content (AvgIpc) is 2.58. The molecule has 94 valence electrons. The van der Waals surface area contributed by atoms with Gasteiger partial charge in [0.1, 0.15) is 0 Å². The highest BCUT2D eigenvalue weighted by Crippen LogP contribution is 2.41. The van der Waals surface area contributed by atoms with Gasteiger partial charge in [-0.2, -0.15) is 0 Å². The Labute approximate surface area is 106 Å². The van der Waals surface area contributed by atoms with Crippen molar-refractivity contribution in [1.82, 2.24) is 4.98 Å². The third kappa shape index (κ3) is 2.21. The van der Waals surface area contributed by atoms with Crippen LogP contribution in [0.3, 0.4) is 0 Å². The first-order valence-electron chi connectivity index (χ1n) is 6.09. The van der Waals surface area contributed by atoms with Crippen molar-refractivity contribution >= 4 is 22.4 Å². The number of aromatic nitrogens is 1.